The molecule has 4 aromatic rings. The molecule has 0 heterocycles. The standard InChI is InChI=1S/C29H31Si2/c1-2-3-24-31(28-20-12-6-13-21-28,29-22-14-7-15-23-29)25-30(26-16-8-4-9-17-26)27-18-10-5-11-19-27/h4-23H,2-3,24-25H2,1H3. The Kier molecular flexibility index (Phi) is 7.34. The molecular weight excluding hydrogens is 404 g/mol. The van der Waals surface area contributed by atoms with Crippen molar-refractivity contribution in [1.82, 2.24) is 0 Å². The molecule has 31 heavy (non-hydrogen) atoms. The van der Waals surface area contributed by atoms with E-state index in [-0.39, 0.29) is 0 Å². The summed E-state index contributed by atoms with van der Waals surface area (Å²) < 4.78 is 0. The van der Waals surface area contributed by atoms with E-state index in [2.05, 4.69) is 128 Å². The van der Waals surface area contributed by atoms with Gasteiger partial charge in [0.25, 0.3) is 0 Å². The molecule has 0 saturated heterocycles. The maximum Gasteiger partial charge on any atom is 0.119 e. The highest BCUT2D eigenvalue weighted by Gasteiger charge is 2.40. The molecule has 0 aliphatic rings. The molecule has 4 aromatic carbocycles. The average molecular weight is 436 g/mol. The summed E-state index contributed by atoms with van der Waals surface area (Å²) in [5.74, 6) is 0. The van der Waals surface area contributed by atoms with Crippen LogP contribution in [0.1, 0.15) is 19.8 Å². The highest BCUT2D eigenvalue weighted by molar-refractivity contribution is 7.11. The lowest BCUT2D eigenvalue weighted by atomic mass is 10.4. The lowest BCUT2D eigenvalue weighted by molar-refractivity contribution is 0.871. The molecule has 0 atom stereocenters. The molecule has 0 aliphatic carbocycles. The van der Waals surface area contributed by atoms with Gasteiger partial charge in [0, 0.05) is 0 Å². The smallest absolute Gasteiger partial charge is 0.0654 e. The fourth-order valence-electron chi connectivity index (χ4n) is 4.69. The second-order valence-electron chi connectivity index (χ2n) is 8.31. The first kappa shape index (κ1) is 21.5. The molecular formula is C29H31Si2. The molecule has 0 aliphatic heterocycles. The molecule has 0 fully saturated rings. The summed E-state index contributed by atoms with van der Waals surface area (Å²) in [6.07, 6.45) is 2.53. The Balaban J connectivity index is 1.89. The monoisotopic (exact) mass is 435 g/mol. The van der Waals surface area contributed by atoms with Gasteiger partial charge in [0.2, 0.25) is 0 Å². The molecule has 2 heteroatoms. The van der Waals surface area contributed by atoms with E-state index in [1.807, 2.05) is 0 Å². The molecule has 0 nitrogen and oxygen atoms in total. The van der Waals surface area contributed by atoms with E-state index < -0.39 is 16.9 Å². The summed E-state index contributed by atoms with van der Waals surface area (Å²) in [7, 11) is -2.87. The lowest BCUT2D eigenvalue weighted by Gasteiger charge is -2.36. The van der Waals surface area contributed by atoms with E-state index in [9.17, 15) is 0 Å². The highest BCUT2D eigenvalue weighted by Crippen LogP contribution is 2.22. The molecule has 155 valence electrons. The first-order valence-electron chi connectivity index (χ1n) is 11.4. The molecule has 0 unspecified atom stereocenters. The Morgan fingerprint density at radius 1 is 0.548 bits per heavy atom. The Morgan fingerprint density at radius 3 is 1.32 bits per heavy atom. The van der Waals surface area contributed by atoms with Crippen molar-refractivity contribution in [3.05, 3.63) is 121 Å². The minimum Gasteiger partial charge on any atom is -0.0654 e. The van der Waals surface area contributed by atoms with E-state index in [1.54, 1.807) is 10.4 Å². The van der Waals surface area contributed by atoms with Crippen molar-refractivity contribution in [2.45, 2.75) is 31.5 Å². The molecule has 0 bridgehead atoms. The number of hydrogen-bond acceptors (Lipinski definition) is 0. The van der Waals surface area contributed by atoms with Crippen LogP contribution in [0.15, 0.2) is 121 Å². The largest absolute Gasteiger partial charge is 0.119 e. The molecule has 0 amide bonds. The second-order valence-corrected chi connectivity index (χ2v) is 15.7. The van der Waals surface area contributed by atoms with Gasteiger partial charge in [0.1, 0.15) is 16.9 Å². The maximum absolute atomic E-state index is 2.41. The maximum atomic E-state index is 2.41. The van der Waals surface area contributed by atoms with Crippen molar-refractivity contribution < 1.29 is 0 Å². The van der Waals surface area contributed by atoms with Crippen molar-refractivity contribution in [2.24, 2.45) is 0 Å². The first-order valence-corrected chi connectivity index (χ1v) is 15.5. The third kappa shape index (κ3) is 4.97. The van der Waals surface area contributed by atoms with Gasteiger partial charge in [-0.2, -0.15) is 0 Å². The lowest BCUT2D eigenvalue weighted by Crippen LogP contribution is -2.63. The molecule has 1 radical (unpaired) electrons. The van der Waals surface area contributed by atoms with Crippen LogP contribution in [0.25, 0.3) is 0 Å². The molecule has 0 N–H and O–H groups in total. The zero-order valence-corrected chi connectivity index (χ0v) is 20.4. The first-order chi connectivity index (χ1) is 15.3. The van der Waals surface area contributed by atoms with Gasteiger partial charge < -0.3 is 0 Å². The number of rotatable bonds is 9. The predicted octanol–water partition coefficient (Wildman–Crippen LogP) is 4.90. The summed E-state index contributed by atoms with van der Waals surface area (Å²) in [5.41, 5.74) is 1.29. The van der Waals surface area contributed by atoms with E-state index in [0.29, 0.717) is 0 Å². The number of hydrogen-bond donors (Lipinski definition) is 0. The van der Waals surface area contributed by atoms with Crippen LogP contribution in [0.5, 0.6) is 0 Å². The summed E-state index contributed by atoms with van der Waals surface area (Å²) in [5, 5.41) is 6.23. The van der Waals surface area contributed by atoms with Gasteiger partial charge in [-0.15, -0.1) is 0 Å². The SMILES string of the molecule is CCCC[Si](C[Si](c1ccccc1)c1ccccc1)(c1ccccc1)c1ccccc1. The fraction of sp³-hybridized carbons (Fsp3) is 0.172. The van der Waals surface area contributed by atoms with Gasteiger partial charge >= 0.3 is 0 Å². The van der Waals surface area contributed by atoms with Crippen LogP contribution in [0.4, 0.5) is 0 Å². The van der Waals surface area contributed by atoms with Crippen molar-refractivity contribution in [3.8, 4) is 0 Å². The Hall–Kier alpha value is -2.69. The van der Waals surface area contributed by atoms with Crippen molar-refractivity contribution in [3.63, 3.8) is 0 Å². The summed E-state index contributed by atoms with van der Waals surface area (Å²) in [4.78, 5) is 0. The number of benzene rings is 4. The van der Waals surface area contributed by atoms with Gasteiger partial charge in [0.05, 0.1) is 0 Å². The molecule has 0 saturated carbocycles. The van der Waals surface area contributed by atoms with E-state index >= 15 is 0 Å². The zero-order valence-electron chi connectivity index (χ0n) is 18.4. The Bertz CT molecular complexity index is 952. The van der Waals surface area contributed by atoms with Crippen LogP contribution in [-0.4, -0.2) is 16.9 Å². The van der Waals surface area contributed by atoms with Crippen LogP contribution < -0.4 is 20.7 Å². The minimum atomic E-state index is -1.95. The number of unbranched alkanes of at least 4 members (excludes halogenated alkanes) is 1. The van der Waals surface area contributed by atoms with Crippen LogP contribution in [0.2, 0.25) is 11.7 Å². The van der Waals surface area contributed by atoms with Gasteiger partial charge in [-0.3, -0.25) is 0 Å². The highest BCUT2D eigenvalue weighted by atomic mass is 28.4. The summed E-state index contributed by atoms with van der Waals surface area (Å²) in [6.45, 7) is 2.33. The van der Waals surface area contributed by atoms with Gasteiger partial charge in [-0.1, -0.05) is 162 Å². The topological polar surface area (TPSA) is 0 Å². The molecule has 0 spiro atoms. The second kappa shape index (κ2) is 10.6. The van der Waals surface area contributed by atoms with Crippen LogP contribution in [0, 0.1) is 0 Å². The predicted molar refractivity (Wildman–Crippen MR) is 140 cm³/mol. The fourth-order valence-corrected chi connectivity index (χ4v) is 16.1. The van der Waals surface area contributed by atoms with Crippen LogP contribution in [0.3, 0.4) is 0 Å². The van der Waals surface area contributed by atoms with Gasteiger partial charge in [-0.25, -0.2) is 0 Å². The van der Waals surface area contributed by atoms with Crippen molar-refractivity contribution >= 4 is 37.6 Å². The van der Waals surface area contributed by atoms with Crippen molar-refractivity contribution in [2.75, 3.05) is 0 Å². The third-order valence-corrected chi connectivity index (χ3v) is 16.3. The zero-order chi connectivity index (χ0) is 21.4. The third-order valence-electron chi connectivity index (χ3n) is 6.33. The molecule has 0 aromatic heterocycles. The summed E-state index contributed by atoms with van der Waals surface area (Å²) in [6, 6.07) is 46.8. The quantitative estimate of drug-likeness (QED) is 0.328. The van der Waals surface area contributed by atoms with E-state index in [4.69, 9.17) is 0 Å². The minimum absolute atomic E-state index is 0.918. The Labute approximate surface area is 190 Å². The van der Waals surface area contributed by atoms with Crippen LogP contribution >= 0.6 is 0 Å². The Morgan fingerprint density at radius 2 is 0.935 bits per heavy atom. The normalized spacial score (nSPS) is 11.5. The van der Waals surface area contributed by atoms with Gasteiger partial charge in [-0.05, 0) is 11.7 Å². The average Bonchev–Trinajstić information content (AvgIpc) is 2.87. The summed E-state index contributed by atoms with van der Waals surface area (Å²) >= 11 is 0. The van der Waals surface area contributed by atoms with Crippen LogP contribution in [-0.2, 0) is 0 Å². The van der Waals surface area contributed by atoms with Crippen molar-refractivity contribution in [1.29, 1.82) is 0 Å². The molecule has 4 rings (SSSR count). The van der Waals surface area contributed by atoms with E-state index in [0.717, 1.165) is 0 Å². The van der Waals surface area contributed by atoms with E-state index in [1.165, 1.54) is 34.9 Å². The van der Waals surface area contributed by atoms with Gasteiger partial charge in [0.15, 0.2) is 0 Å².